The molecule has 1 saturated heterocycles. The van der Waals surface area contributed by atoms with Crippen molar-refractivity contribution in [1.29, 1.82) is 0 Å². The largest absolute Gasteiger partial charge is 0.355 e. The van der Waals surface area contributed by atoms with Crippen molar-refractivity contribution in [2.24, 2.45) is 0 Å². The van der Waals surface area contributed by atoms with Crippen LogP contribution in [0.15, 0.2) is 60.7 Å². The van der Waals surface area contributed by atoms with Crippen molar-refractivity contribution in [1.82, 2.24) is 15.5 Å². The SMILES string of the molecule is O=C(NC1CCN(c2cc(-c3ccccc3)[nH]n2)CC1)c1ccccc1F. The van der Waals surface area contributed by atoms with E-state index in [9.17, 15) is 9.18 Å². The maximum absolute atomic E-state index is 13.7. The van der Waals surface area contributed by atoms with Crippen LogP contribution < -0.4 is 10.2 Å². The molecule has 2 N–H and O–H groups in total. The van der Waals surface area contributed by atoms with E-state index < -0.39 is 5.82 Å². The zero-order valence-electron chi connectivity index (χ0n) is 14.9. The molecule has 1 fully saturated rings. The molecule has 2 heterocycles. The molecule has 0 aliphatic carbocycles. The van der Waals surface area contributed by atoms with E-state index in [4.69, 9.17) is 0 Å². The Morgan fingerprint density at radius 2 is 1.78 bits per heavy atom. The molecular weight excluding hydrogens is 343 g/mol. The molecular formula is C21H21FN4O. The molecule has 5 nitrogen and oxygen atoms in total. The van der Waals surface area contributed by atoms with Gasteiger partial charge in [-0.05, 0) is 30.5 Å². The van der Waals surface area contributed by atoms with Crippen molar-refractivity contribution in [3.05, 3.63) is 72.0 Å². The van der Waals surface area contributed by atoms with Crippen LogP contribution in [0.1, 0.15) is 23.2 Å². The molecule has 6 heteroatoms. The van der Waals surface area contributed by atoms with Gasteiger partial charge in [-0.2, -0.15) is 5.10 Å². The number of carbonyl (C=O) groups is 1. The number of nitrogens with one attached hydrogen (secondary N) is 2. The Hall–Kier alpha value is -3.15. The quantitative estimate of drug-likeness (QED) is 0.743. The van der Waals surface area contributed by atoms with Crippen LogP contribution in [0, 0.1) is 5.82 Å². The lowest BCUT2D eigenvalue weighted by Crippen LogP contribution is -2.45. The van der Waals surface area contributed by atoms with Gasteiger partial charge in [0.2, 0.25) is 0 Å². The van der Waals surface area contributed by atoms with Crippen LogP contribution in [0.3, 0.4) is 0 Å². The third-order valence-corrected chi connectivity index (χ3v) is 4.92. The summed E-state index contributed by atoms with van der Waals surface area (Å²) in [6.07, 6.45) is 1.60. The molecule has 27 heavy (non-hydrogen) atoms. The first-order valence-corrected chi connectivity index (χ1v) is 9.12. The summed E-state index contributed by atoms with van der Waals surface area (Å²) < 4.78 is 13.7. The number of piperidine rings is 1. The molecule has 1 aliphatic heterocycles. The van der Waals surface area contributed by atoms with Gasteiger partial charge in [0.15, 0.2) is 5.82 Å². The zero-order chi connectivity index (χ0) is 18.6. The number of aromatic nitrogens is 2. The number of hydrogen-bond donors (Lipinski definition) is 2. The highest BCUT2D eigenvalue weighted by Gasteiger charge is 2.23. The highest BCUT2D eigenvalue weighted by atomic mass is 19.1. The number of halogens is 1. The van der Waals surface area contributed by atoms with E-state index in [2.05, 4.69) is 20.4 Å². The van der Waals surface area contributed by atoms with Gasteiger partial charge >= 0.3 is 0 Å². The maximum Gasteiger partial charge on any atom is 0.254 e. The lowest BCUT2D eigenvalue weighted by Gasteiger charge is -2.32. The molecule has 4 rings (SSSR count). The Morgan fingerprint density at radius 1 is 1.07 bits per heavy atom. The van der Waals surface area contributed by atoms with E-state index in [1.807, 2.05) is 36.4 Å². The van der Waals surface area contributed by atoms with Gasteiger partial charge in [0.25, 0.3) is 5.91 Å². The lowest BCUT2D eigenvalue weighted by molar-refractivity contribution is 0.0927. The minimum absolute atomic E-state index is 0.0425. The minimum atomic E-state index is -0.489. The van der Waals surface area contributed by atoms with Gasteiger partial charge in [-0.25, -0.2) is 4.39 Å². The van der Waals surface area contributed by atoms with Crippen LogP contribution in [0.5, 0.6) is 0 Å². The molecule has 2 aromatic carbocycles. The number of amides is 1. The Balaban J connectivity index is 1.35. The Labute approximate surface area is 157 Å². The standard InChI is InChI=1S/C21H21FN4O/c22-18-9-5-4-8-17(18)21(27)23-16-10-12-26(13-11-16)20-14-19(24-25-20)15-6-2-1-3-7-15/h1-9,14,16H,10-13H2,(H,23,27)(H,24,25). The smallest absolute Gasteiger partial charge is 0.254 e. The monoisotopic (exact) mass is 364 g/mol. The van der Waals surface area contributed by atoms with Crippen molar-refractivity contribution in [2.75, 3.05) is 18.0 Å². The van der Waals surface area contributed by atoms with E-state index >= 15 is 0 Å². The van der Waals surface area contributed by atoms with Crippen molar-refractivity contribution in [3.8, 4) is 11.3 Å². The lowest BCUT2D eigenvalue weighted by atomic mass is 10.0. The summed E-state index contributed by atoms with van der Waals surface area (Å²) in [5.74, 6) is 0.0721. The van der Waals surface area contributed by atoms with Crippen LogP contribution >= 0.6 is 0 Å². The molecule has 0 atom stereocenters. The fourth-order valence-corrected chi connectivity index (χ4v) is 3.40. The maximum atomic E-state index is 13.7. The number of rotatable bonds is 4. The van der Waals surface area contributed by atoms with Gasteiger partial charge in [-0.1, -0.05) is 42.5 Å². The highest BCUT2D eigenvalue weighted by molar-refractivity contribution is 5.94. The first-order chi connectivity index (χ1) is 13.2. The van der Waals surface area contributed by atoms with Crippen molar-refractivity contribution in [3.63, 3.8) is 0 Å². The third-order valence-electron chi connectivity index (χ3n) is 4.92. The average Bonchev–Trinajstić information content (AvgIpc) is 3.20. The van der Waals surface area contributed by atoms with Gasteiger partial charge in [-0.3, -0.25) is 9.89 Å². The number of hydrogen-bond acceptors (Lipinski definition) is 3. The van der Waals surface area contributed by atoms with Gasteiger partial charge in [0.05, 0.1) is 11.3 Å². The molecule has 0 saturated carbocycles. The minimum Gasteiger partial charge on any atom is -0.355 e. The molecule has 0 bridgehead atoms. The Morgan fingerprint density at radius 3 is 2.52 bits per heavy atom. The molecule has 1 amide bonds. The number of aromatic amines is 1. The van der Waals surface area contributed by atoms with Crippen LogP contribution in [0.4, 0.5) is 10.2 Å². The first-order valence-electron chi connectivity index (χ1n) is 9.12. The summed E-state index contributed by atoms with van der Waals surface area (Å²) in [6, 6.07) is 18.2. The summed E-state index contributed by atoms with van der Waals surface area (Å²) >= 11 is 0. The second-order valence-corrected chi connectivity index (χ2v) is 6.72. The van der Waals surface area contributed by atoms with Crippen LogP contribution in [0.2, 0.25) is 0 Å². The predicted octanol–water partition coefficient (Wildman–Crippen LogP) is 3.61. The number of carbonyl (C=O) groups excluding carboxylic acids is 1. The van der Waals surface area contributed by atoms with Crippen molar-refractivity contribution in [2.45, 2.75) is 18.9 Å². The van der Waals surface area contributed by atoms with Crippen LogP contribution in [-0.4, -0.2) is 35.2 Å². The van der Waals surface area contributed by atoms with Crippen molar-refractivity contribution >= 4 is 11.7 Å². The molecule has 0 spiro atoms. The zero-order valence-corrected chi connectivity index (χ0v) is 14.9. The summed E-state index contributed by atoms with van der Waals surface area (Å²) in [6.45, 7) is 1.59. The second-order valence-electron chi connectivity index (χ2n) is 6.72. The van der Waals surface area contributed by atoms with Gasteiger partial charge in [-0.15, -0.1) is 0 Å². The first kappa shape index (κ1) is 17.3. The number of H-pyrrole nitrogens is 1. The predicted molar refractivity (Wildman–Crippen MR) is 103 cm³/mol. The summed E-state index contributed by atoms with van der Waals surface area (Å²) in [4.78, 5) is 14.5. The van der Waals surface area contributed by atoms with E-state index in [0.29, 0.717) is 0 Å². The van der Waals surface area contributed by atoms with E-state index in [1.54, 1.807) is 12.1 Å². The molecule has 1 aromatic heterocycles. The normalized spacial score (nSPS) is 14.9. The van der Waals surface area contributed by atoms with E-state index in [1.165, 1.54) is 12.1 Å². The van der Waals surface area contributed by atoms with Crippen molar-refractivity contribution < 1.29 is 9.18 Å². The number of anilines is 1. The van der Waals surface area contributed by atoms with Crippen LogP contribution in [0.25, 0.3) is 11.3 Å². The van der Waals surface area contributed by atoms with Gasteiger partial charge in [0.1, 0.15) is 5.82 Å². The fraction of sp³-hybridized carbons (Fsp3) is 0.238. The van der Waals surface area contributed by atoms with Gasteiger partial charge in [0, 0.05) is 25.2 Å². The molecule has 0 radical (unpaired) electrons. The summed E-state index contributed by atoms with van der Waals surface area (Å²) in [5, 5.41) is 10.5. The molecule has 138 valence electrons. The highest BCUT2D eigenvalue weighted by Crippen LogP contribution is 2.24. The van der Waals surface area contributed by atoms with Crippen LogP contribution in [-0.2, 0) is 0 Å². The molecule has 0 unspecified atom stereocenters. The van der Waals surface area contributed by atoms with Gasteiger partial charge < -0.3 is 10.2 Å². The molecule has 1 aliphatic rings. The Kier molecular flexibility index (Phi) is 4.87. The number of benzene rings is 2. The summed E-state index contributed by atoms with van der Waals surface area (Å²) in [5.41, 5.74) is 2.18. The fourth-order valence-electron chi connectivity index (χ4n) is 3.40. The van der Waals surface area contributed by atoms with E-state index in [-0.39, 0.29) is 17.5 Å². The molecule has 3 aromatic rings. The Bertz CT molecular complexity index is 917. The number of nitrogens with zero attached hydrogens (tertiary/aromatic N) is 2. The topological polar surface area (TPSA) is 61.0 Å². The summed E-state index contributed by atoms with van der Waals surface area (Å²) in [7, 11) is 0. The third kappa shape index (κ3) is 3.84. The average molecular weight is 364 g/mol. The second kappa shape index (κ2) is 7.61. The van der Waals surface area contributed by atoms with E-state index in [0.717, 1.165) is 43.0 Å².